The molecule has 1 atom stereocenters. The monoisotopic (exact) mass is 885 g/mol. The van der Waals surface area contributed by atoms with E-state index in [2.05, 4.69) is 45.1 Å². The Labute approximate surface area is 391 Å². The van der Waals surface area contributed by atoms with Gasteiger partial charge in [-0.3, -0.25) is 14.4 Å². The minimum Gasteiger partial charge on any atom is -0.462 e. The highest BCUT2D eigenvalue weighted by atomic mass is 16.6. The first-order valence-electron chi connectivity index (χ1n) is 27.5. The van der Waals surface area contributed by atoms with Crippen molar-refractivity contribution in [2.75, 3.05) is 13.2 Å². The Kier molecular flexibility index (Phi) is 50.3. The zero-order valence-corrected chi connectivity index (χ0v) is 42.1. The number of carbonyl (C=O) groups excluding carboxylic acids is 3. The molecule has 0 spiro atoms. The second kappa shape index (κ2) is 52.3. The van der Waals surface area contributed by atoms with Crippen LogP contribution in [-0.4, -0.2) is 37.2 Å². The quantitative estimate of drug-likeness (QED) is 0.0262. The predicted molar refractivity (Wildman–Crippen MR) is 270 cm³/mol. The smallest absolute Gasteiger partial charge is 0.309 e. The molecule has 0 bridgehead atoms. The van der Waals surface area contributed by atoms with Gasteiger partial charge in [-0.1, -0.05) is 276 Å². The Morgan fingerprint density at radius 2 is 0.619 bits per heavy atom. The molecule has 0 amide bonds. The van der Waals surface area contributed by atoms with Crippen LogP contribution in [0.3, 0.4) is 0 Å². The van der Waals surface area contributed by atoms with Gasteiger partial charge in [0.05, 0.1) is 6.42 Å². The van der Waals surface area contributed by atoms with E-state index in [1.807, 2.05) is 6.08 Å². The fourth-order valence-corrected chi connectivity index (χ4v) is 8.09. The summed E-state index contributed by atoms with van der Waals surface area (Å²) >= 11 is 0. The summed E-state index contributed by atoms with van der Waals surface area (Å²) in [6.07, 6.45) is 61.8. The molecule has 1 unspecified atom stereocenters. The van der Waals surface area contributed by atoms with Crippen LogP contribution < -0.4 is 0 Å². The van der Waals surface area contributed by atoms with Crippen molar-refractivity contribution >= 4 is 17.9 Å². The maximum absolute atomic E-state index is 12.8. The third kappa shape index (κ3) is 50.5. The van der Waals surface area contributed by atoms with E-state index >= 15 is 0 Å². The molecule has 0 aliphatic rings. The van der Waals surface area contributed by atoms with Gasteiger partial charge in [-0.15, -0.1) is 0 Å². The van der Waals surface area contributed by atoms with Crippen LogP contribution in [0, 0.1) is 0 Å². The lowest BCUT2D eigenvalue weighted by Gasteiger charge is -2.18. The van der Waals surface area contributed by atoms with E-state index in [0.717, 1.165) is 57.8 Å². The minimum absolute atomic E-state index is 0.0941. The number of esters is 3. The average Bonchev–Trinajstić information content (AvgIpc) is 3.28. The van der Waals surface area contributed by atoms with Crippen molar-refractivity contribution in [2.45, 2.75) is 297 Å². The summed E-state index contributed by atoms with van der Waals surface area (Å²) in [6, 6.07) is 0. The standard InChI is InChI=1S/C57H104O6/c1-4-7-10-13-16-19-21-23-25-27-29-31-33-35-38-41-44-47-50-56(59)62-53-54(52-61-55(58)49-46-43-40-37-18-15-12-9-6-3)63-57(60)51-48-45-42-39-36-34-32-30-28-26-24-22-20-17-14-11-8-5-2/h9,12,18,37,43,46,54H,4-8,10-11,13-17,19-36,38-42,44-45,47-53H2,1-3H3/b12-9-,37-18-,46-43-. The maximum Gasteiger partial charge on any atom is 0.309 e. The highest BCUT2D eigenvalue weighted by molar-refractivity contribution is 5.72. The summed E-state index contributed by atoms with van der Waals surface area (Å²) in [5.74, 6) is -1.01. The third-order valence-electron chi connectivity index (χ3n) is 12.2. The predicted octanol–water partition coefficient (Wildman–Crippen LogP) is 18.1. The van der Waals surface area contributed by atoms with Crippen LogP contribution in [0.15, 0.2) is 36.5 Å². The molecule has 0 N–H and O–H groups in total. The molecule has 6 heteroatoms. The molecule has 0 fully saturated rings. The van der Waals surface area contributed by atoms with Gasteiger partial charge >= 0.3 is 17.9 Å². The number of carbonyl (C=O) groups is 3. The SMILES string of the molecule is CC/C=C\C/C=C\C/C=C\CC(=O)OCC(COC(=O)CCCCCCCCCCCCCCCCCCCC)OC(=O)CCCCCCCCCCCCCCCCCCCC. The normalized spacial score (nSPS) is 12.2. The number of hydrogen-bond donors (Lipinski definition) is 0. The summed E-state index contributed by atoms with van der Waals surface area (Å²) in [5.41, 5.74) is 0. The van der Waals surface area contributed by atoms with E-state index in [0.29, 0.717) is 12.8 Å². The first-order valence-corrected chi connectivity index (χ1v) is 27.5. The van der Waals surface area contributed by atoms with Gasteiger partial charge in [0, 0.05) is 12.8 Å². The minimum atomic E-state index is -0.802. The van der Waals surface area contributed by atoms with Crippen molar-refractivity contribution in [3.8, 4) is 0 Å². The van der Waals surface area contributed by atoms with Gasteiger partial charge in [0.25, 0.3) is 0 Å². The van der Waals surface area contributed by atoms with E-state index in [1.54, 1.807) is 6.08 Å². The Morgan fingerprint density at radius 1 is 0.333 bits per heavy atom. The number of ether oxygens (including phenoxy) is 3. The van der Waals surface area contributed by atoms with E-state index < -0.39 is 12.1 Å². The van der Waals surface area contributed by atoms with Crippen molar-refractivity contribution < 1.29 is 28.6 Å². The molecule has 0 saturated heterocycles. The average molecular weight is 885 g/mol. The number of unbranched alkanes of at least 4 members (excludes halogenated alkanes) is 34. The lowest BCUT2D eigenvalue weighted by Crippen LogP contribution is -2.30. The van der Waals surface area contributed by atoms with E-state index in [-0.39, 0.29) is 31.6 Å². The molecule has 0 aliphatic heterocycles. The lowest BCUT2D eigenvalue weighted by atomic mass is 10.0. The number of allylic oxidation sites excluding steroid dienone is 5. The van der Waals surface area contributed by atoms with Gasteiger partial charge in [-0.05, 0) is 32.1 Å². The molecule has 0 aliphatic carbocycles. The van der Waals surface area contributed by atoms with Gasteiger partial charge in [-0.2, -0.15) is 0 Å². The summed E-state index contributed by atoms with van der Waals surface area (Å²) in [7, 11) is 0. The van der Waals surface area contributed by atoms with Crippen molar-refractivity contribution in [2.24, 2.45) is 0 Å². The molecule has 0 radical (unpaired) electrons. The zero-order chi connectivity index (χ0) is 45.8. The highest BCUT2D eigenvalue weighted by Gasteiger charge is 2.19. The molecule has 0 saturated carbocycles. The number of hydrogen-bond acceptors (Lipinski definition) is 6. The van der Waals surface area contributed by atoms with Crippen molar-refractivity contribution in [1.29, 1.82) is 0 Å². The first-order chi connectivity index (χ1) is 31.0. The second-order valence-electron chi connectivity index (χ2n) is 18.5. The van der Waals surface area contributed by atoms with E-state index in [4.69, 9.17) is 14.2 Å². The molecule has 0 aromatic rings. The zero-order valence-electron chi connectivity index (χ0n) is 42.1. The van der Waals surface area contributed by atoms with E-state index in [1.165, 1.54) is 193 Å². The molecular formula is C57H104O6. The van der Waals surface area contributed by atoms with Gasteiger partial charge in [0.2, 0.25) is 0 Å². The van der Waals surface area contributed by atoms with Crippen LogP contribution in [0.25, 0.3) is 0 Å². The van der Waals surface area contributed by atoms with Crippen LogP contribution >= 0.6 is 0 Å². The molecule has 368 valence electrons. The molecule has 0 rings (SSSR count). The Hall–Kier alpha value is -2.37. The fourth-order valence-electron chi connectivity index (χ4n) is 8.09. The largest absolute Gasteiger partial charge is 0.462 e. The Balaban J connectivity index is 4.27. The van der Waals surface area contributed by atoms with Crippen LogP contribution in [0.4, 0.5) is 0 Å². The van der Waals surface area contributed by atoms with Crippen molar-refractivity contribution in [3.05, 3.63) is 36.5 Å². The molecule has 0 aromatic heterocycles. The van der Waals surface area contributed by atoms with Crippen LogP contribution in [-0.2, 0) is 28.6 Å². The molecule has 0 heterocycles. The fraction of sp³-hybridized carbons (Fsp3) is 0.842. The summed E-state index contributed by atoms with van der Waals surface area (Å²) in [5, 5.41) is 0. The number of rotatable bonds is 50. The lowest BCUT2D eigenvalue weighted by molar-refractivity contribution is -0.166. The third-order valence-corrected chi connectivity index (χ3v) is 12.2. The van der Waals surface area contributed by atoms with Gasteiger partial charge in [0.15, 0.2) is 6.10 Å². The van der Waals surface area contributed by atoms with Gasteiger partial charge in [0.1, 0.15) is 13.2 Å². The van der Waals surface area contributed by atoms with Crippen LogP contribution in [0.2, 0.25) is 0 Å². The molecule has 6 nitrogen and oxygen atoms in total. The Bertz CT molecular complexity index is 1060. The van der Waals surface area contributed by atoms with Gasteiger partial charge in [-0.25, -0.2) is 0 Å². The van der Waals surface area contributed by atoms with Crippen LogP contribution in [0.1, 0.15) is 290 Å². The van der Waals surface area contributed by atoms with Gasteiger partial charge < -0.3 is 14.2 Å². The van der Waals surface area contributed by atoms with E-state index in [9.17, 15) is 14.4 Å². The summed E-state index contributed by atoms with van der Waals surface area (Å²) in [4.78, 5) is 37.9. The maximum atomic E-state index is 12.8. The summed E-state index contributed by atoms with van der Waals surface area (Å²) < 4.78 is 16.7. The molecule has 0 aromatic carbocycles. The first kappa shape index (κ1) is 60.6. The second-order valence-corrected chi connectivity index (χ2v) is 18.5. The van der Waals surface area contributed by atoms with Crippen molar-refractivity contribution in [1.82, 2.24) is 0 Å². The summed E-state index contributed by atoms with van der Waals surface area (Å²) in [6.45, 7) is 6.47. The molecule has 63 heavy (non-hydrogen) atoms. The van der Waals surface area contributed by atoms with Crippen LogP contribution in [0.5, 0.6) is 0 Å². The van der Waals surface area contributed by atoms with Crippen molar-refractivity contribution in [3.63, 3.8) is 0 Å². The topological polar surface area (TPSA) is 78.9 Å². The highest BCUT2D eigenvalue weighted by Crippen LogP contribution is 2.17. The Morgan fingerprint density at radius 3 is 0.968 bits per heavy atom. The molecular weight excluding hydrogens is 781 g/mol.